The van der Waals surface area contributed by atoms with Crippen molar-refractivity contribution in [3.05, 3.63) is 35.4 Å². The summed E-state index contributed by atoms with van der Waals surface area (Å²) in [5.41, 5.74) is 8.28. The van der Waals surface area contributed by atoms with Crippen molar-refractivity contribution < 1.29 is 0 Å². The summed E-state index contributed by atoms with van der Waals surface area (Å²) in [7, 11) is 0. The van der Waals surface area contributed by atoms with Crippen LogP contribution in [0.2, 0.25) is 0 Å². The third-order valence-electron chi connectivity index (χ3n) is 2.07. The molecular formula is C10H15N. The van der Waals surface area contributed by atoms with Crippen molar-refractivity contribution in [3.8, 4) is 0 Å². The second-order valence-corrected chi connectivity index (χ2v) is 2.99. The predicted octanol–water partition coefficient (Wildman–Crippen LogP) is 2.06. The summed E-state index contributed by atoms with van der Waals surface area (Å²) >= 11 is 0. The van der Waals surface area contributed by atoms with Gasteiger partial charge in [-0.1, -0.05) is 31.2 Å². The van der Waals surface area contributed by atoms with E-state index >= 15 is 0 Å². The number of aryl methyl sites for hydroxylation is 1. The zero-order valence-corrected chi connectivity index (χ0v) is 7.17. The van der Waals surface area contributed by atoms with E-state index in [-0.39, 0.29) is 0 Å². The van der Waals surface area contributed by atoms with Gasteiger partial charge in [0.25, 0.3) is 0 Å². The van der Waals surface area contributed by atoms with E-state index < -0.39 is 0 Å². The van der Waals surface area contributed by atoms with Crippen LogP contribution in [0.15, 0.2) is 24.3 Å². The lowest BCUT2D eigenvalue weighted by Crippen LogP contribution is -2.09. The molecule has 0 spiro atoms. The van der Waals surface area contributed by atoms with Gasteiger partial charge < -0.3 is 5.73 Å². The summed E-state index contributed by atoms with van der Waals surface area (Å²) < 4.78 is 0. The maximum Gasteiger partial charge on any atom is -0.00108 e. The Morgan fingerprint density at radius 3 is 2.55 bits per heavy atom. The number of hydrogen-bond donors (Lipinski definition) is 1. The van der Waals surface area contributed by atoms with Crippen molar-refractivity contribution in [1.29, 1.82) is 0 Å². The van der Waals surface area contributed by atoms with Gasteiger partial charge in [0.05, 0.1) is 0 Å². The molecule has 1 aromatic rings. The first kappa shape index (κ1) is 8.28. The standard InChI is InChI=1S/C10H15N/c1-8-5-3-4-6-10(8)9(2)7-11/h3-6,9H,7,11H2,1-2H3/t9-/m0/s1. The SMILES string of the molecule is Cc1ccccc1[C@@H](C)CN. The number of nitrogens with two attached hydrogens (primary N) is 1. The van der Waals surface area contributed by atoms with E-state index in [1.54, 1.807) is 0 Å². The molecule has 1 rings (SSSR count). The van der Waals surface area contributed by atoms with Crippen LogP contribution in [0.25, 0.3) is 0 Å². The van der Waals surface area contributed by atoms with Crippen LogP contribution in [0.1, 0.15) is 24.0 Å². The Kier molecular flexibility index (Phi) is 2.66. The molecule has 0 aliphatic rings. The smallest absolute Gasteiger partial charge is 0.00108 e. The zero-order valence-electron chi connectivity index (χ0n) is 7.17. The van der Waals surface area contributed by atoms with Gasteiger partial charge >= 0.3 is 0 Å². The molecule has 0 aliphatic carbocycles. The Hall–Kier alpha value is -0.820. The van der Waals surface area contributed by atoms with E-state index in [0.717, 1.165) is 6.54 Å². The highest BCUT2D eigenvalue weighted by atomic mass is 14.5. The minimum Gasteiger partial charge on any atom is -0.330 e. The van der Waals surface area contributed by atoms with Gasteiger partial charge in [-0.05, 0) is 30.5 Å². The molecule has 0 aliphatic heterocycles. The fraction of sp³-hybridized carbons (Fsp3) is 0.400. The van der Waals surface area contributed by atoms with Gasteiger partial charge in [-0.2, -0.15) is 0 Å². The molecule has 1 atom stereocenters. The summed E-state index contributed by atoms with van der Waals surface area (Å²) in [6.45, 7) is 5.01. The summed E-state index contributed by atoms with van der Waals surface area (Å²) in [6.07, 6.45) is 0. The van der Waals surface area contributed by atoms with Crippen LogP contribution in [0.4, 0.5) is 0 Å². The quantitative estimate of drug-likeness (QED) is 0.684. The van der Waals surface area contributed by atoms with Gasteiger partial charge in [0.1, 0.15) is 0 Å². The summed E-state index contributed by atoms with van der Waals surface area (Å²) in [5.74, 6) is 0.483. The van der Waals surface area contributed by atoms with E-state index in [1.807, 2.05) is 0 Å². The molecule has 11 heavy (non-hydrogen) atoms. The van der Waals surface area contributed by atoms with Gasteiger partial charge in [-0.3, -0.25) is 0 Å². The van der Waals surface area contributed by atoms with E-state index in [4.69, 9.17) is 5.73 Å². The summed E-state index contributed by atoms with van der Waals surface area (Å²) in [6, 6.07) is 8.39. The van der Waals surface area contributed by atoms with Gasteiger partial charge in [0.2, 0.25) is 0 Å². The molecule has 0 saturated heterocycles. The monoisotopic (exact) mass is 149 g/mol. The highest BCUT2D eigenvalue weighted by Gasteiger charge is 2.03. The second kappa shape index (κ2) is 3.54. The van der Waals surface area contributed by atoms with E-state index in [0.29, 0.717) is 5.92 Å². The van der Waals surface area contributed by atoms with Crippen molar-refractivity contribution in [1.82, 2.24) is 0 Å². The predicted molar refractivity (Wildman–Crippen MR) is 48.6 cm³/mol. The maximum absolute atomic E-state index is 5.57. The fourth-order valence-electron chi connectivity index (χ4n) is 1.27. The van der Waals surface area contributed by atoms with Gasteiger partial charge in [0, 0.05) is 0 Å². The molecular weight excluding hydrogens is 134 g/mol. The fourth-order valence-corrected chi connectivity index (χ4v) is 1.27. The van der Waals surface area contributed by atoms with Crippen LogP contribution in [0, 0.1) is 6.92 Å². The van der Waals surface area contributed by atoms with Crippen LogP contribution < -0.4 is 5.73 Å². The molecule has 2 N–H and O–H groups in total. The Bertz CT molecular complexity index is 230. The van der Waals surface area contributed by atoms with Gasteiger partial charge in [-0.25, -0.2) is 0 Å². The largest absolute Gasteiger partial charge is 0.330 e. The van der Waals surface area contributed by atoms with E-state index in [9.17, 15) is 0 Å². The molecule has 0 heterocycles. The lowest BCUT2D eigenvalue weighted by atomic mass is 9.97. The number of benzene rings is 1. The first-order valence-corrected chi connectivity index (χ1v) is 4.01. The summed E-state index contributed by atoms with van der Waals surface area (Å²) in [5, 5.41) is 0. The molecule has 1 heteroatoms. The zero-order chi connectivity index (χ0) is 8.27. The van der Waals surface area contributed by atoms with Gasteiger partial charge in [-0.15, -0.1) is 0 Å². The minimum atomic E-state index is 0.483. The Morgan fingerprint density at radius 1 is 1.36 bits per heavy atom. The molecule has 0 fully saturated rings. The topological polar surface area (TPSA) is 26.0 Å². The molecule has 0 amide bonds. The number of rotatable bonds is 2. The normalized spacial score (nSPS) is 13.0. The Labute approximate surface area is 68.2 Å². The molecule has 0 bridgehead atoms. The van der Waals surface area contributed by atoms with Crippen molar-refractivity contribution in [2.45, 2.75) is 19.8 Å². The molecule has 1 aromatic carbocycles. The van der Waals surface area contributed by atoms with Crippen LogP contribution in [-0.2, 0) is 0 Å². The first-order chi connectivity index (χ1) is 5.25. The second-order valence-electron chi connectivity index (χ2n) is 2.99. The van der Waals surface area contributed by atoms with Crippen LogP contribution in [0.3, 0.4) is 0 Å². The third-order valence-corrected chi connectivity index (χ3v) is 2.07. The third kappa shape index (κ3) is 1.81. The van der Waals surface area contributed by atoms with E-state index in [2.05, 4.69) is 38.1 Å². The van der Waals surface area contributed by atoms with Crippen molar-refractivity contribution in [2.75, 3.05) is 6.54 Å². The average Bonchev–Trinajstić information content (AvgIpc) is 2.04. The minimum absolute atomic E-state index is 0.483. The molecule has 0 radical (unpaired) electrons. The lowest BCUT2D eigenvalue weighted by Gasteiger charge is -2.11. The lowest BCUT2D eigenvalue weighted by molar-refractivity contribution is 0.768. The average molecular weight is 149 g/mol. The van der Waals surface area contributed by atoms with Crippen LogP contribution in [-0.4, -0.2) is 6.54 Å². The molecule has 0 unspecified atom stereocenters. The van der Waals surface area contributed by atoms with Crippen LogP contribution in [0.5, 0.6) is 0 Å². The first-order valence-electron chi connectivity index (χ1n) is 4.01. The Morgan fingerprint density at radius 2 is 2.00 bits per heavy atom. The van der Waals surface area contributed by atoms with Crippen molar-refractivity contribution >= 4 is 0 Å². The van der Waals surface area contributed by atoms with E-state index in [1.165, 1.54) is 11.1 Å². The highest BCUT2D eigenvalue weighted by Crippen LogP contribution is 2.17. The Balaban J connectivity index is 2.93. The summed E-state index contributed by atoms with van der Waals surface area (Å²) in [4.78, 5) is 0. The van der Waals surface area contributed by atoms with Gasteiger partial charge in [0.15, 0.2) is 0 Å². The number of hydrogen-bond acceptors (Lipinski definition) is 1. The molecule has 1 nitrogen and oxygen atoms in total. The van der Waals surface area contributed by atoms with Crippen molar-refractivity contribution in [2.24, 2.45) is 5.73 Å². The molecule has 0 saturated carbocycles. The molecule has 0 aromatic heterocycles. The maximum atomic E-state index is 5.57. The molecule has 60 valence electrons. The van der Waals surface area contributed by atoms with Crippen LogP contribution >= 0.6 is 0 Å². The van der Waals surface area contributed by atoms with Crippen molar-refractivity contribution in [3.63, 3.8) is 0 Å². The highest BCUT2D eigenvalue weighted by molar-refractivity contribution is 5.28.